The molecule has 0 rings (SSSR count). The third-order valence-corrected chi connectivity index (χ3v) is 1.16. The van der Waals surface area contributed by atoms with Gasteiger partial charge in [0.25, 0.3) is 0 Å². The third kappa shape index (κ3) is 3.21. The monoisotopic (exact) mass is 132 g/mol. The molecule has 0 radical (unpaired) electrons. The highest BCUT2D eigenvalue weighted by atomic mass is 16.5. The number of rotatable bonds is 4. The Labute approximate surface area is 54.6 Å². The third-order valence-electron chi connectivity index (χ3n) is 1.16. The van der Waals surface area contributed by atoms with Crippen LogP contribution in [0.4, 0.5) is 0 Å². The van der Waals surface area contributed by atoms with Crippen LogP contribution in [-0.2, 0) is 9.53 Å². The van der Waals surface area contributed by atoms with Crippen molar-refractivity contribution in [2.75, 3.05) is 20.3 Å². The number of hydrogen-bond acceptors (Lipinski definition) is 3. The van der Waals surface area contributed by atoms with Crippen LogP contribution in [0.5, 0.6) is 0 Å². The molecule has 0 aromatic rings. The van der Waals surface area contributed by atoms with Gasteiger partial charge in [0.15, 0.2) is 0 Å². The number of carbonyl (C=O) groups is 1. The molecule has 0 bridgehead atoms. The molecule has 1 unspecified atom stereocenters. The Morgan fingerprint density at radius 1 is 1.78 bits per heavy atom. The van der Waals surface area contributed by atoms with E-state index in [1.807, 2.05) is 0 Å². The van der Waals surface area contributed by atoms with Crippen LogP contribution in [0.2, 0.25) is 0 Å². The van der Waals surface area contributed by atoms with E-state index in [9.17, 15) is 4.79 Å². The van der Waals surface area contributed by atoms with Gasteiger partial charge in [0.2, 0.25) is 0 Å². The number of aliphatic hydroxyl groups excluding tert-OH is 1. The van der Waals surface area contributed by atoms with Gasteiger partial charge in [-0.2, -0.15) is 0 Å². The fourth-order valence-corrected chi connectivity index (χ4v) is 0.500. The van der Waals surface area contributed by atoms with Crippen molar-refractivity contribution in [1.82, 2.24) is 0 Å². The largest absolute Gasteiger partial charge is 0.396 e. The molecular weight excluding hydrogens is 120 g/mol. The van der Waals surface area contributed by atoms with Crippen molar-refractivity contribution in [1.29, 1.82) is 0 Å². The Balaban J connectivity index is 3.54. The zero-order chi connectivity index (χ0) is 7.28. The first-order valence-electron chi connectivity index (χ1n) is 2.82. The maximum absolute atomic E-state index is 10.5. The molecule has 0 heterocycles. The first-order chi connectivity index (χ1) is 4.22. The minimum absolute atomic E-state index is 0.0284. The highest BCUT2D eigenvalue weighted by Crippen LogP contribution is 1.95. The highest BCUT2D eigenvalue weighted by molar-refractivity contribution is 5.78. The van der Waals surface area contributed by atoms with Gasteiger partial charge in [0, 0.05) is 7.11 Å². The normalized spacial score (nSPS) is 13.2. The van der Waals surface area contributed by atoms with Crippen LogP contribution in [0.1, 0.15) is 6.92 Å². The summed E-state index contributed by atoms with van der Waals surface area (Å²) in [6.45, 7) is 1.63. The summed E-state index contributed by atoms with van der Waals surface area (Å²) in [6.07, 6.45) is 0. The van der Waals surface area contributed by atoms with Crippen LogP contribution in [0.25, 0.3) is 0 Å². The molecule has 0 saturated carbocycles. The highest BCUT2D eigenvalue weighted by Gasteiger charge is 2.10. The molecule has 0 amide bonds. The minimum Gasteiger partial charge on any atom is -0.396 e. The second-order valence-corrected chi connectivity index (χ2v) is 1.95. The van der Waals surface area contributed by atoms with Crippen molar-refractivity contribution in [2.45, 2.75) is 6.92 Å². The van der Waals surface area contributed by atoms with E-state index in [1.165, 1.54) is 14.0 Å². The second-order valence-electron chi connectivity index (χ2n) is 1.95. The molecule has 0 aliphatic carbocycles. The lowest BCUT2D eigenvalue weighted by Crippen LogP contribution is -2.20. The molecule has 0 aliphatic rings. The molecule has 0 aliphatic heterocycles. The van der Waals surface area contributed by atoms with Crippen LogP contribution >= 0.6 is 0 Å². The van der Waals surface area contributed by atoms with Gasteiger partial charge in [-0.3, -0.25) is 4.79 Å². The summed E-state index contributed by atoms with van der Waals surface area (Å²) in [5, 5.41) is 8.53. The number of aliphatic hydroxyl groups is 1. The molecule has 54 valence electrons. The Kier molecular flexibility index (Phi) is 4.26. The van der Waals surface area contributed by atoms with Crippen molar-refractivity contribution in [3.05, 3.63) is 0 Å². The lowest BCUT2D eigenvalue weighted by atomic mass is 10.1. The smallest absolute Gasteiger partial charge is 0.137 e. The van der Waals surface area contributed by atoms with Gasteiger partial charge >= 0.3 is 0 Å². The lowest BCUT2D eigenvalue weighted by Gasteiger charge is -2.06. The predicted octanol–water partition coefficient (Wildman–Crippen LogP) is -0.170. The SMILES string of the molecule is COCC(CO)C(C)=O. The van der Waals surface area contributed by atoms with Gasteiger partial charge in [0.1, 0.15) is 5.78 Å². The van der Waals surface area contributed by atoms with Gasteiger partial charge in [0.05, 0.1) is 19.1 Å². The second kappa shape index (κ2) is 4.47. The Hall–Kier alpha value is -0.410. The molecule has 0 fully saturated rings. The molecule has 9 heavy (non-hydrogen) atoms. The summed E-state index contributed by atoms with van der Waals surface area (Å²) < 4.78 is 4.68. The minimum atomic E-state index is -0.338. The molecule has 3 heteroatoms. The van der Waals surface area contributed by atoms with Crippen LogP contribution in [0.15, 0.2) is 0 Å². The Morgan fingerprint density at radius 3 is 2.44 bits per heavy atom. The average Bonchev–Trinajstić information content (AvgIpc) is 1.82. The number of carbonyl (C=O) groups excluding carboxylic acids is 1. The average molecular weight is 132 g/mol. The van der Waals surface area contributed by atoms with Crippen LogP contribution < -0.4 is 0 Å². The molecular formula is C6H12O3. The van der Waals surface area contributed by atoms with E-state index in [0.29, 0.717) is 6.61 Å². The predicted molar refractivity (Wildman–Crippen MR) is 33.1 cm³/mol. The first-order valence-corrected chi connectivity index (χ1v) is 2.82. The quantitative estimate of drug-likeness (QED) is 0.577. The number of ketones is 1. The van der Waals surface area contributed by atoms with Gasteiger partial charge in [-0.15, -0.1) is 0 Å². The summed E-state index contributed by atoms with van der Waals surface area (Å²) in [5.74, 6) is -0.366. The zero-order valence-electron chi connectivity index (χ0n) is 5.76. The van der Waals surface area contributed by atoms with Crippen LogP contribution in [0.3, 0.4) is 0 Å². The summed E-state index contributed by atoms with van der Waals surface area (Å²) in [6, 6.07) is 0. The van der Waals surface area contributed by atoms with E-state index in [4.69, 9.17) is 5.11 Å². The van der Waals surface area contributed by atoms with Crippen LogP contribution in [-0.4, -0.2) is 31.2 Å². The maximum atomic E-state index is 10.5. The van der Waals surface area contributed by atoms with Crippen molar-refractivity contribution in [2.24, 2.45) is 5.92 Å². The standard InChI is InChI=1S/C6H12O3/c1-5(8)6(3-7)4-9-2/h6-7H,3-4H2,1-2H3. The fraction of sp³-hybridized carbons (Fsp3) is 0.833. The van der Waals surface area contributed by atoms with Gasteiger partial charge in [-0.05, 0) is 6.92 Å². The zero-order valence-corrected chi connectivity index (χ0v) is 5.76. The molecule has 0 aromatic carbocycles. The van der Waals surface area contributed by atoms with Gasteiger partial charge in [-0.1, -0.05) is 0 Å². The Morgan fingerprint density at radius 2 is 2.33 bits per heavy atom. The van der Waals surface area contributed by atoms with E-state index >= 15 is 0 Å². The summed E-state index contributed by atoms with van der Waals surface area (Å²) in [5.41, 5.74) is 0. The van der Waals surface area contributed by atoms with E-state index < -0.39 is 0 Å². The summed E-state index contributed by atoms with van der Waals surface area (Å²) in [4.78, 5) is 10.5. The van der Waals surface area contributed by atoms with E-state index in [2.05, 4.69) is 4.74 Å². The van der Waals surface area contributed by atoms with Crippen molar-refractivity contribution < 1.29 is 14.6 Å². The lowest BCUT2D eigenvalue weighted by molar-refractivity contribution is -0.123. The van der Waals surface area contributed by atoms with Crippen molar-refractivity contribution in [3.8, 4) is 0 Å². The topological polar surface area (TPSA) is 46.5 Å². The number of hydrogen-bond donors (Lipinski definition) is 1. The van der Waals surface area contributed by atoms with Crippen molar-refractivity contribution >= 4 is 5.78 Å². The Bertz CT molecular complexity index is 90.3. The number of Topliss-reactive ketones (excluding diaryl/α,β-unsaturated/α-hetero) is 1. The first kappa shape index (κ1) is 8.59. The van der Waals surface area contributed by atoms with E-state index in [-0.39, 0.29) is 18.3 Å². The molecule has 3 nitrogen and oxygen atoms in total. The molecule has 1 N–H and O–H groups in total. The van der Waals surface area contributed by atoms with Gasteiger partial charge in [-0.25, -0.2) is 0 Å². The molecule has 0 spiro atoms. The summed E-state index contributed by atoms with van der Waals surface area (Å²) in [7, 11) is 1.51. The molecule has 1 atom stereocenters. The number of methoxy groups -OCH3 is 1. The molecule has 0 saturated heterocycles. The maximum Gasteiger partial charge on any atom is 0.137 e. The number of ether oxygens (including phenoxy) is 1. The van der Waals surface area contributed by atoms with E-state index in [0.717, 1.165) is 0 Å². The summed E-state index contributed by atoms with van der Waals surface area (Å²) >= 11 is 0. The van der Waals surface area contributed by atoms with E-state index in [1.54, 1.807) is 0 Å². The fourth-order valence-electron chi connectivity index (χ4n) is 0.500. The van der Waals surface area contributed by atoms with Gasteiger partial charge < -0.3 is 9.84 Å². The van der Waals surface area contributed by atoms with Crippen molar-refractivity contribution in [3.63, 3.8) is 0 Å². The molecule has 0 aromatic heterocycles. The van der Waals surface area contributed by atoms with Crippen LogP contribution in [0, 0.1) is 5.92 Å².